The molecule has 2 heterocycles. The molecule has 0 aliphatic carbocycles. The molecule has 0 radical (unpaired) electrons. The first-order valence-electron chi connectivity index (χ1n) is 9.86. The maximum atomic E-state index is 13.6. The van der Waals surface area contributed by atoms with Crippen LogP contribution in [0.25, 0.3) is 11.0 Å². The highest BCUT2D eigenvalue weighted by Crippen LogP contribution is 2.36. The fourth-order valence-electron chi connectivity index (χ4n) is 3.89. The second-order valence-corrected chi connectivity index (χ2v) is 7.82. The lowest BCUT2D eigenvalue weighted by Gasteiger charge is -2.28. The van der Waals surface area contributed by atoms with Crippen molar-refractivity contribution >= 4 is 46.3 Å². The fraction of sp³-hybridized carbons (Fsp3) is 0.0870. The number of urea groups is 1. The van der Waals surface area contributed by atoms with Crippen molar-refractivity contribution in [3.8, 4) is 0 Å². The molecule has 0 spiro atoms. The molecule has 0 atom stereocenters. The Hall–Kier alpha value is -4.11. The van der Waals surface area contributed by atoms with Crippen LogP contribution >= 0.6 is 11.7 Å². The van der Waals surface area contributed by atoms with Crippen molar-refractivity contribution in [2.45, 2.75) is 5.54 Å². The monoisotopic (exact) mass is 443 g/mol. The van der Waals surface area contributed by atoms with Crippen molar-refractivity contribution in [1.29, 1.82) is 0 Å². The van der Waals surface area contributed by atoms with E-state index in [1.165, 1.54) is 0 Å². The number of carbonyl (C=O) groups is 3. The maximum Gasteiger partial charge on any atom is 0.326 e. The van der Waals surface area contributed by atoms with E-state index in [1.807, 2.05) is 12.1 Å². The summed E-state index contributed by atoms with van der Waals surface area (Å²) in [5, 5.41) is 5.57. The maximum absolute atomic E-state index is 13.6. The van der Waals surface area contributed by atoms with Gasteiger partial charge in [-0.05, 0) is 23.3 Å². The molecule has 4 aromatic rings. The minimum atomic E-state index is -1.40. The van der Waals surface area contributed by atoms with Crippen molar-refractivity contribution in [1.82, 2.24) is 19.0 Å². The average Bonchev–Trinajstić information content (AvgIpc) is 3.40. The lowest BCUT2D eigenvalue weighted by Crippen LogP contribution is -2.45. The van der Waals surface area contributed by atoms with E-state index in [0.29, 0.717) is 27.8 Å². The number of rotatable bonds is 5. The predicted octanol–water partition coefficient (Wildman–Crippen LogP) is 3.13. The summed E-state index contributed by atoms with van der Waals surface area (Å²) in [6.45, 7) is -0.431. The second-order valence-electron chi connectivity index (χ2n) is 7.29. The van der Waals surface area contributed by atoms with Crippen LogP contribution in [-0.4, -0.2) is 38.0 Å². The number of fused-ring (bicyclic) bond motifs is 1. The van der Waals surface area contributed by atoms with Crippen LogP contribution in [-0.2, 0) is 15.1 Å². The first-order valence-corrected chi connectivity index (χ1v) is 10.6. The van der Waals surface area contributed by atoms with E-state index in [4.69, 9.17) is 0 Å². The van der Waals surface area contributed by atoms with Gasteiger partial charge in [0, 0.05) is 0 Å². The van der Waals surface area contributed by atoms with Crippen molar-refractivity contribution in [3.63, 3.8) is 0 Å². The van der Waals surface area contributed by atoms with E-state index >= 15 is 0 Å². The van der Waals surface area contributed by atoms with Gasteiger partial charge in [0.15, 0.2) is 5.54 Å². The summed E-state index contributed by atoms with van der Waals surface area (Å²) in [5.41, 5.74) is 1.53. The molecule has 158 valence electrons. The highest BCUT2D eigenvalue weighted by Gasteiger charge is 2.54. The van der Waals surface area contributed by atoms with Crippen LogP contribution in [0.3, 0.4) is 0 Å². The first kappa shape index (κ1) is 19.8. The van der Waals surface area contributed by atoms with E-state index in [-0.39, 0.29) is 0 Å². The molecular weight excluding hydrogens is 426 g/mol. The quantitative estimate of drug-likeness (QED) is 0.461. The van der Waals surface area contributed by atoms with Gasteiger partial charge in [-0.15, -0.1) is 0 Å². The smallest absolute Gasteiger partial charge is 0.323 e. The Kier molecular flexibility index (Phi) is 4.87. The largest absolute Gasteiger partial charge is 0.326 e. The lowest BCUT2D eigenvalue weighted by molar-refractivity contribution is -0.133. The van der Waals surface area contributed by atoms with Crippen LogP contribution in [0.1, 0.15) is 11.1 Å². The number of hydrogen-bond acceptors (Lipinski definition) is 6. The molecule has 2 N–H and O–H groups in total. The summed E-state index contributed by atoms with van der Waals surface area (Å²) in [4.78, 5) is 40.3. The van der Waals surface area contributed by atoms with Gasteiger partial charge in [-0.1, -0.05) is 66.7 Å². The Balaban J connectivity index is 1.46. The zero-order valence-corrected chi connectivity index (χ0v) is 17.5. The van der Waals surface area contributed by atoms with E-state index in [2.05, 4.69) is 19.4 Å². The Morgan fingerprint density at radius 1 is 0.906 bits per heavy atom. The summed E-state index contributed by atoms with van der Waals surface area (Å²) in [6.07, 6.45) is 0. The number of hydrogen-bond donors (Lipinski definition) is 2. The van der Waals surface area contributed by atoms with Gasteiger partial charge in [0.05, 0.1) is 17.4 Å². The molecule has 1 aliphatic rings. The van der Waals surface area contributed by atoms with Gasteiger partial charge in [0.25, 0.3) is 5.91 Å². The van der Waals surface area contributed by atoms with Gasteiger partial charge in [0.2, 0.25) is 5.91 Å². The summed E-state index contributed by atoms with van der Waals surface area (Å²) >= 11 is 1.04. The zero-order valence-electron chi connectivity index (χ0n) is 16.7. The Morgan fingerprint density at radius 3 is 2.22 bits per heavy atom. The summed E-state index contributed by atoms with van der Waals surface area (Å²) in [6, 6.07) is 22.6. The van der Waals surface area contributed by atoms with Crippen LogP contribution in [0.15, 0.2) is 78.9 Å². The number of carbonyl (C=O) groups excluding carboxylic acids is 3. The first-order chi connectivity index (χ1) is 15.6. The zero-order chi connectivity index (χ0) is 22.1. The van der Waals surface area contributed by atoms with Gasteiger partial charge >= 0.3 is 6.03 Å². The number of aromatic nitrogens is 2. The molecule has 1 saturated heterocycles. The Bertz CT molecular complexity index is 1280. The summed E-state index contributed by atoms with van der Waals surface area (Å²) < 4.78 is 8.34. The predicted molar refractivity (Wildman–Crippen MR) is 120 cm³/mol. The average molecular weight is 443 g/mol. The number of benzene rings is 3. The fourth-order valence-corrected chi connectivity index (χ4v) is 4.44. The number of anilines is 1. The highest BCUT2D eigenvalue weighted by atomic mass is 32.1. The van der Waals surface area contributed by atoms with E-state index in [9.17, 15) is 14.4 Å². The molecule has 9 heteroatoms. The third-order valence-electron chi connectivity index (χ3n) is 5.38. The number of nitrogens with zero attached hydrogens (tertiary/aromatic N) is 3. The van der Waals surface area contributed by atoms with Gasteiger partial charge in [0.1, 0.15) is 17.6 Å². The molecule has 1 fully saturated rings. The van der Waals surface area contributed by atoms with Gasteiger partial charge < -0.3 is 10.6 Å². The number of nitrogens with one attached hydrogen (secondary N) is 2. The van der Waals surface area contributed by atoms with Crippen molar-refractivity contribution in [3.05, 3.63) is 90.0 Å². The van der Waals surface area contributed by atoms with Crippen LogP contribution in [0.4, 0.5) is 10.5 Å². The third kappa shape index (κ3) is 3.19. The van der Waals surface area contributed by atoms with E-state index in [0.717, 1.165) is 16.6 Å². The van der Waals surface area contributed by atoms with Crippen LogP contribution in [0.5, 0.6) is 0 Å². The van der Waals surface area contributed by atoms with E-state index in [1.54, 1.807) is 66.7 Å². The number of imide groups is 1. The van der Waals surface area contributed by atoms with Gasteiger partial charge in [-0.3, -0.25) is 14.5 Å². The molecule has 1 aliphatic heterocycles. The Labute approximate surface area is 187 Å². The Morgan fingerprint density at radius 2 is 1.56 bits per heavy atom. The summed E-state index contributed by atoms with van der Waals surface area (Å²) in [7, 11) is 0. The topological polar surface area (TPSA) is 104 Å². The number of amides is 4. The molecule has 3 aromatic carbocycles. The lowest BCUT2D eigenvalue weighted by atomic mass is 9.82. The van der Waals surface area contributed by atoms with Crippen molar-refractivity contribution in [2.24, 2.45) is 0 Å². The molecule has 0 unspecified atom stereocenters. The third-order valence-corrected chi connectivity index (χ3v) is 5.92. The standard InChI is InChI=1S/C23H17N5O3S/c29-19(24-17-12-7-13-18-20(17)27-32-26-18)14-28-21(30)23(25-22(28)31,15-8-3-1-4-9-15)16-10-5-2-6-11-16/h1-13H,14H2,(H,24,29)(H,25,31). The van der Waals surface area contributed by atoms with E-state index < -0.39 is 29.9 Å². The molecule has 0 saturated carbocycles. The molecule has 5 rings (SSSR count). The van der Waals surface area contributed by atoms with Gasteiger partial charge in [-0.2, -0.15) is 8.75 Å². The second kappa shape index (κ2) is 7.86. The normalized spacial score (nSPS) is 15.1. The molecular formula is C23H17N5O3S. The van der Waals surface area contributed by atoms with Crippen molar-refractivity contribution < 1.29 is 14.4 Å². The molecule has 32 heavy (non-hydrogen) atoms. The molecule has 0 bridgehead atoms. The van der Waals surface area contributed by atoms with Crippen LogP contribution < -0.4 is 10.6 Å². The van der Waals surface area contributed by atoms with Crippen LogP contribution in [0, 0.1) is 0 Å². The SMILES string of the molecule is O=C(CN1C(=O)NC(c2ccccc2)(c2ccccc2)C1=O)Nc1cccc2nsnc12. The minimum Gasteiger partial charge on any atom is -0.323 e. The highest BCUT2D eigenvalue weighted by molar-refractivity contribution is 7.00. The van der Waals surface area contributed by atoms with Gasteiger partial charge in [-0.25, -0.2) is 4.79 Å². The van der Waals surface area contributed by atoms with Crippen molar-refractivity contribution in [2.75, 3.05) is 11.9 Å². The summed E-state index contributed by atoms with van der Waals surface area (Å²) in [5.74, 6) is -1.02. The molecule has 8 nitrogen and oxygen atoms in total. The van der Waals surface area contributed by atoms with Crippen LogP contribution in [0.2, 0.25) is 0 Å². The molecule has 4 amide bonds. The minimum absolute atomic E-state index is 0.431. The molecule has 1 aromatic heterocycles.